The highest BCUT2D eigenvalue weighted by atomic mass is 16.5. The summed E-state index contributed by atoms with van der Waals surface area (Å²) in [6.45, 7) is 10.4. The van der Waals surface area contributed by atoms with Gasteiger partial charge in [0.15, 0.2) is 5.69 Å². The fourth-order valence-corrected chi connectivity index (χ4v) is 5.24. The predicted molar refractivity (Wildman–Crippen MR) is 137 cm³/mol. The molecule has 2 atom stereocenters. The number of nitrogens with zero attached hydrogens (tertiary/aromatic N) is 3. The number of nitrogens with one attached hydrogen (secondary N) is 1. The summed E-state index contributed by atoms with van der Waals surface area (Å²) < 4.78 is 7.59. The molecule has 0 fully saturated rings. The number of benzene rings is 2. The molecule has 35 heavy (non-hydrogen) atoms. The van der Waals surface area contributed by atoms with Gasteiger partial charge in [0, 0.05) is 12.0 Å². The Hall–Kier alpha value is -3.67. The second kappa shape index (κ2) is 8.84. The first-order chi connectivity index (χ1) is 16.8. The van der Waals surface area contributed by atoms with Crippen molar-refractivity contribution in [2.24, 2.45) is 0 Å². The van der Waals surface area contributed by atoms with E-state index in [1.54, 1.807) is 0 Å². The van der Waals surface area contributed by atoms with Crippen LogP contribution in [-0.4, -0.2) is 20.8 Å². The molecule has 2 aromatic carbocycles. The van der Waals surface area contributed by atoms with E-state index < -0.39 is 0 Å². The van der Waals surface area contributed by atoms with E-state index in [9.17, 15) is 4.79 Å². The summed E-state index contributed by atoms with van der Waals surface area (Å²) in [5, 5.41) is 12.0. The fraction of sp³-hybridized carbons (Fsp3) is 0.345. The van der Waals surface area contributed by atoms with Gasteiger partial charge in [-0.25, -0.2) is 0 Å². The number of aryl methyl sites for hydroxylation is 3. The highest BCUT2D eigenvalue weighted by Crippen LogP contribution is 2.39. The average molecular weight is 469 g/mol. The van der Waals surface area contributed by atoms with Crippen molar-refractivity contribution in [1.29, 1.82) is 0 Å². The van der Waals surface area contributed by atoms with E-state index >= 15 is 0 Å². The molecule has 2 heterocycles. The van der Waals surface area contributed by atoms with Gasteiger partial charge in [0.05, 0.1) is 23.1 Å². The predicted octanol–water partition coefficient (Wildman–Crippen LogP) is 6.10. The van der Waals surface area contributed by atoms with Gasteiger partial charge < -0.3 is 9.84 Å². The van der Waals surface area contributed by atoms with Gasteiger partial charge in [-0.3, -0.25) is 9.48 Å². The molecule has 180 valence electrons. The third kappa shape index (κ3) is 4.18. The van der Waals surface area contributed by atoms with Gasteiger partial charge in [-0.15, -0.1) is 0 Å². The molecule has 0 spiro atoms. The lowest BCUT2D eigenvalue weighted by Gasteiger charge is -2.33. The molecule has 2 aromatic heterocycles. The number of hydrogen-bond donors (Lipinski definition) is 1. The molecule has 1 aliphatic rings. The molecule has 1 N–H and O–H groups in total. The second-order valence-electron chi connectivity index (χ2n) is 10.1. The highest BCUT2D eigenvalue weighted by molar-refractivity contribution is 6.04. The zero-order valence-corrected chi connectivity index (χ0v) is 21.1. The fourth-order valence-electron chi connectivity index (χ4n) is 5.24. The molecule has 5 rings (SSSR count). The molecular formula is C29H32N4O2. The summed E-state index contributed by atoms with van der Waals surface area (Å²) >= 11 is 0. The summed E-state index contributed by atoms with van der Waals surface area (Å²) in [5.41, 5.74) is 7.32. The number of anilines is 1. The Balaban J connectivity index is 1.40. The normalized spacial score (nSPS) is 18.2. The Morgan fingerprint density at radius 3 is 2.51 bits per heavy atom. The van der Waals surface area contributed by atoms with Crippen LogP contribution in [0.15, 0.2) is 59.1 Å². The number of carbonyl (C=O) groups is 1. The average Bonchev–Trinajstić information content (AvgIpc) is 3.40. The molecule has 4 aromatic rings. The highest BCUT2D eigenvalue weighted by Gasteiger charge is 2.37. The largest absolute Gasteiger partial charge is 0.360 e. The molecule has 0 bridgehead atoms. The summed E-state index contributed by atoms with van der Waals surface area (Å²) in [6, 6.07) is 19.0. The van der Waals surface area contributed by atoms with Gasteiger partial charge in [-0.05, 0) is 57.1 Å². The van der Waals surface area contributed by atoms with Crippen molar-refractivity contribution in [3.63, 3.8) is 0 Å². The number of aromatic nitrogens is 3. The molecule has 6 nitrogen and oxygen atoms in total. The van der Waals surface area contributed by atoms with Crippen LogP contribution >= 0.6 is 0 Å². The molecule has 0 saturated carbocycles. The third-order valence-corrected chi connectivity index (χ3v) is 7.52. The van der Waals surface area contributed by atoms with Gasteiger partial charge in [0.2, 0.25) is 0 Å². The Labute approximate surface area is 206 Å². The Bertz CT molecular complexity index is 1370. The lowest BCUT2D eigenvalue weighted by atomic mass is 9.70. The molecule has 0 radical (unpaired) electrons. The zero-order valence-electron chi connectivity index (χ0n) is 21.1. The number of fused-ring (bicyclic) bond motifs is 1. The molecule has 0 saturated heterocycles. The molecule has 6 heteroatoms. The van der Waals surface area contributed by atoms with E-state index in [-0.39, 0.29) is 17.4 Å². The van der Waals surface area contributed by atoms with Crippen LogP contribution in [0.4, 0.5) is 5.69 Å². The standard InChI is InChI=1S/C29H32N4O2/c1-18-11-13-22(14-12-18)20(3)33-21(4)26(19(2)31-33)30-28(34)27-24-17-29(5,16-15-25(24)35-32-27)23-9-7-6-8-10-23/h6-14,20H,15-17H2,1-5H3,(H,30,34). The van der Waals surface area contributed by atoms with Crippen LogP contribution < -0.4 is 5.32 Å². The topological polar surface area (TPSA) is 73.0 Å². The summed E-state index contributed by atoms with van der Waals surface area (Å²) in [4.78, 5) is 13.4. The van der Waals surface area contributed by atoms with Crippen molar-refractivity contribution >= 4 is 11.6 Å². The maximum Gasteiger partial charge on any atom is 0.278 e. The Morgan fingerprint density at radius 2 is 1.80 bits per heavy atom. The number of rotatable bonds is 5. The van der Waals surface area contributed by atoms with Gasteiger partial charge in [0.25, 0.3) is 5.91 Å². The first kappa shape index (κ1) is 23.1. The van der Waals surface area contributed by atoms with Crippen LogP contribution in [0.2, 0.25) is 0 Å². The van der Waals surface area contributed by atoms with Gasteiger partial charge in [-0.2, -0.15) is 5.10 Å². The SMILES string of the molecule is Cc1ccc(C(C)n2nc(C)c(NC(=O)c3noc4c3CC(C)(c3ccccc3)CC4)c2C)cc1. The van der Waals surface area contributed by atoms with E-state index in [1.165, 1.54) is 16.7 Å². The van der Waals surface area contributed by atoms with Gasteiger partial charge >= 0.3 is 0 Å². The maximum absolute atomic E-state index is 13.4. The maximum atomic E-state index is 13.4. The van der Waals surface area contributed by atoms with Crippen molar-refractivity contribution in [2.45, 2.75) is 65.3 Å². The molecule has 1 aliphatic carbocycles. The lowest BCUT2D eigenvalue weighted by Crippen LogP contribution is -2.31. The molecule has 0 aliphatic heterocycles. The first-order valence-electron chi connectivity index (χ1n) is 12.2. The Kier molecular flexibility index (Phi) is 5.83. The van der Waals surface area contributed by atoms with E-state index in [1.807, 2.05) is 24.6 Å². The van der Waals surface area contributed by atoms with Crippen LogP contribution in [0.25, 0.3) is 0 Å². The molecule has 2 unspecified atom stereocenters. The van der Waals surface area contributed by atoms with Crippen LogP contribution in [0.3, 0.4) is 0 Å². The van der Waals surface area contributed by atoms with Crippen LogP contribution in [0, 0.1) is 20.8 Å². The zero-order chi connectivity index (χ0) is 24.7. The van der Waals surface area contributed by atoms with Crippen molar-refractivity contribution in [3.8, 4) is 0 Å². The minimum atomic E-state index is -0.249. The third-order valence-electron chi connectivity index (χ3n) is 7.52. The van der Waals surface area contributed by atoms with Crippen LogP contribution in [0.1, 0.15) is 76.2 Å². The number of amides is 1. The minimum Gasteiger partial charge on any atom is -0.360 e. The van der Waals surface area contributed by atoms with E-state index in [2.05, 4.69) is 79.8 Å². The van der Waals surface area contributed by atoms with Crippen molar-refractivity contribution in [1.82, 2.24) is 14.9 Å². The van der Waals surface area contributed by atoms with Crippen LogP contribution in [0.5, 0.6) is 0 Å². The number of hydrogen-bond acceptors (Lipinski definition) is 4. The molecule has 1 amide bonds. The molecular weight excluding hydrogens is 436 g/mol. The Morgan fingerprint density at radius 1 is 1.09 bits per heavy atom. The van der Waals surface area contributed by atoms with Crippen molar-refractivity contribution < 1.29 is 9.32 Å². The van der Waals surface area contributed by atoms with Crippen LogP contribution in [-0.2, 0) is 18.3 Å². The monoisotopic (exact) mass is 468 g/mol. The second-order valence-corrected chi connectivity index (χ2v) is 10.1. The van der Waals surface area contributed by atoms with Gasteiger partial charge in [-0.1, -0.05) is 72.2 Å². The van der Waals surface area contributed by atoms with Crippen molar-refractivity contribution in [3.05, 3.63) is 99.7 Å². The summed E-state index contributed by atoms with van der Waals surface area (Å²) in [7, 11) is 0. The first-order valence-corrected chi connectivity index (χ1v) is 12.2. The quantitative estimate of drug-likeness (QED) is 0.384. The lowest BCUT2D eigenvalue weighted by molar-refractivity contribution is 0.101. The summed E-state index contributed by atoms with van der Waals surface area (Å²) in [5.74, 6) is 0.571. The minimum absolute atomic E-state index is 0.0475. The van der Waals surface area contributed by atoms with Gasteiger partial charge in [0.1, 0.15) is 5.76 Å². The smallest absolute Gasteiger partial charge is 0.278 e. The number of carbonyl (C=O) groups excluding carboxylic acids is 1. The van der Waals surface area contributed by atoms with E-state index in [4.69, 9.17) is 9.62 Å². The summed E-state index contributed by atoms with van der Waals surface area (Å²) in [6.07, 6.45) is 2.45. The van der Waals surface area contributed by atoms with E-state index in [0.717, 1.165) is 47.7 Å². The van der Waals surface area contributed by atoms with E-state index in [0.29, 0.717) is 5.69 Å². The van der Waals surface area contributed by atoms with Crippen molar-refractivity contribution in [2.75, 3.05) is 5.32 Å².